The molecule has 0 spiro atoms. The third kappa shape index (κ3) is 31.8. The van der Waals surface area contributed by atoms with Crippen LogP contribution in [0.1, 0.15) is 46.3 Å². The summed E-state index contributed by atoms with van der Waals surface area (Å²) in [6, 6.07) is 0. The van der Waals surface area contributed by atoms with Crippen molar-refractivity contribution in [2.75, 3.05) is 0 Å². The number of terminal acetylenes is 1. The molecular weight excluding hydrogens is 508 g/mol. The van der Waals surface area contributed by atoms with E-state index in [-0.39, 0.29) is 26.6 Å². The number of rotatable bonds is 5. The van der Waals surface area contributed by atoms with E-state index in [4.69, 9.17) is 33.2 Å². The van der Waals surface area contributed by atoms with E-state index in [1.54, 1.807) is 22.2 Å². The monoisotopic (exact) mass is 541 g/mol. The van der Waals surface area contributed by atoms with Gasteiger partial charge < -0.3 is 14.9 Å². The van der Waals surface area contributed by atoms with Gasteiger partial charge in [0.05, 0.1) is 0 Å². The molecule has 0 rings (SSSR count). The van der Waals surface area contributed by atoms with E-state index in [0.717, 1.165) is 23.5 Å². The summed E-state index contributed by atoms with van der Waals surface area (Å²) in [5.74, 6) is 11.5. The maximum absolute atomic E-state index is 10.8. The average molecular weight is 542 g/mol. The van der Waals surface area contributed by atoms with Crippen LogP contribution in [0.4, 0.5) is 0 Å². The first-order chi connectivity index (χ1) is 14.8. The maximum atomic E-state index is 10.8. The molecule has 0 aromatic rings. The molecule has 12 heteroatoms. The van der Waals surface area contributed by atoms with E-state index in [1.807, 2.05) is 13.0 Å². The molecule has 186 valence electrons. The van der Waals surface area contributed by atoms with Crippen LogP contribution in [-0.4, -0.2) is 66.2 Å². The predicted octanol–water partition coefficient (Wildman–Crippen LogP) is 4.33. The summed E-state index contributed by atoms with van der Waals surface area (Å²) in [7, 11) is 0. The van der Waals surface area contributed by atoms with Gasteiger partial charge in [-0.2, -0.15) is 0 Å². The number of ether oxygens (including phenoxy) is 1. The molecule has 0 atom stereocenters. The van der Waals surface area contributed by atoms with Crippen molar-refractivity contribution in [3.8, 4) is 48.1 Å². The van der Waals surface area contributed by atoms with Gasteiger partial charge in [-0.3, -0.25) is 14.4 Å². The Labute approximate surface area is 231 Å². The van der Waals surface area contributed by atoms with E-state index in [2.05, 4.69) is 46.8 Å². The van der Waals surface area contributed by atoms with Crippen molar-refractivity contribution in [2.24, 2.45) is 0 Å². The second-order valence-electron chi connectivity index (χ2n) is 5.58. The first-order valence-electron chi connectivity index (χ1n) is 8.11. The number of thioether (sulfide) groups is 2. The SMILES string of the molecule is C.C#CC#CC#CC#COC=O.C=CC.CC(C)(SC(=S)SC(C)(C)C(=O)O)C(=O)O.[B].[HH].[HH].[HH].[NH]=[Al]. The molecule has 7 nitrogen and oxygen atoms in total. The molecule has 0 unspecified atom stereocenters. The molecule has 0 aromatic carbocycles. The predicted molar refractivity (Wildman–Crippen MR) is 154 cm³/mol. The molecular formula is C22H33AlBNO6S3. The fraction of sp³-hybridized carbons (Fsp3) is 0.364. The Bertz CT molecular complexity index is 867. The van der Waals surface area contributed by atoms with Crippen molar-refractivity contribution >= 4 is 82.2 Å². The Balaban J connectivity index is -0.0000000475. The molecule has 0 fully saturated rings. The number of aliphatic carboxylic acids is 2. The number of carboxylic acids is 2. The fourth-order valence-corrected chi connectivity index (χ4v) is 4.41. The second kappa shape index (κ2) is 28.6. The normalized spacial score (nSPS) is 7.62. The van der Waals surface area contributed by atoms with Crippen LogP contribution in [0.3, 0.4) is 0 Å². The minimum absolute atomic E-state index is 0. The number of thiocarbonyl (C=S) groups is 1. The van der Waals surface area contributed by atoms with Crippen LogP contribution >= 0.6 is 35.7 Å². The molecule has 3 N–H and O–H groups in total. The summed E-state index contributed by atoms with van der Waals surface area (Å²) in [6.45, 7) is 11.6. The van der Waals surface area contributed by atoms with Crippen molar-refractivity contribution in [3.63, 3.8) is 0 Å². The molecule has 0 saturated heterocycles. The fourth-order valence-electron chi connectivity index (χ4n) is 0.734. The summed E-state index contributed by atoms with van der Waals surface area (Å²) in [6.07, 6.45) is 8.54. The summed E-state index contributed by atoms with van der Waals surface area (Å²) in [5.41, 5.74) is 0. The molecule has 4 radical (unpaired) electrons. The third-order valence-electron chi connectivity index (χ3n) is 2.19. The van der Waals surface area contributed by atoms with E-state index in [9.17, 15) is 14.4 Å². The Morgan fingerprint density at radius 2 is 1.38 bits per heavy atom. The number of allylic oxidation sites excluding steroid dienone is 1. The average Bonchev–Trinajstić information content (AvgIpc) is 2.69. The second-order valence-corrected chi connectivity index (χ2v) is 10.0. The van der Waals surface area contributed by atoms with Crippen LogP contribution in [-0.2, 0) is 19.1 Å². The number of nitrogens with one attached hydrogen (secondary N) is 1. The number of carbonyl (C=O) groups excluding carboxylic acids is 1. The number of carboxylic acid groups (broad SMARTS) is 2. The quantitative estimate of drug-likeness (QED) is 0.153. The van der Waals surface area contributed by atoms with E-state index >= 15 is 0 Å². The molecule has 0 amide bonds. The van der Waals surface area contributed by atoms with Crippen molar-refractivity contribution in [3.05, 3.63) is 12.7 Å². The zero-order valence-electron chi connectivity index (χ0n) is 18.8. The van der Waals surface area contributed by atoms with Crippen molar-refractivity contribution < 1.29 is 33.6 Å². The first-order valence-corrected chi connectivity index (χ1v) is 10.7. The molecule has 0 aliphatic heterocycles. The van der Waals surface area contributed by atoms with Gasteiger partial charge in [-0.1, -0.05) is 49.2 Å². The van der Waals surface area contributed by atoms with E-state index in [0.29, 0.717) is 3.53 Å². The first kappa shape index (κ1) is 45.1. The molecule has 0 aliphatic carbocycles. The summed E-state index contributed by atoms with van der Waals surface area (Å²) < 4.78 is 7.91. The Kier molecular flexibility index (Phi) is 38.0. The Hall–Kier alpha value is -2.42. The molecule has 0 saturated carbocycles. The zero-order chi connectivity index (χ0) is 26.2. The molecule has 0 aliphatic rings. The van der Waals surface area contributed by atoms with Crippen molar-refractivity contribution in [2.45, 2.75) is 51.5 Å². The number of carbonyl (C=O) groups is 3. The van der Waals surface area contributed by atoms with Crippen molar-refractivity contribution in [1.82, 2.24) is 0 Å². The third-order valence-corrected chi connectivity index (χ3v) is 4.89. The van der Waals surface area contributed by atoms with Crippen LogP contribution in [0, 0.1) is 52.4 Å². The van der Waals surface area contributed by atoms with Gasteiger partial charge in [0.15, 0.2) is 0 Å². The van der Waals surface area contributed by atoms with Crippen LogP contribution in [0.5, 0.6) is 0 Å². The van der Waals surface area contributed by atoms with Gasteiger partial charge in [-0.05, 0) is 52.4 Å². The molecule has 0 heterocycles. The number of hydrogen-bond donors (Lipinski definition) is 3. The molecule has 34 heavy (non-hydrogen) atoms. The summed E-state index contributed by atoms with van der Waals surface area (Å²) in [5, 5.41) is 17.8. The Morgan fingerprint density at radius 1 is 1.06 bits per heavy atom. The van der Waals surface area contributed by atoms with Gasteiger partial charge in [0.1, 0.15) is 19.1 Å². The van der Waals surface area contributed by atoms with Gasteiger partial charge in [-0.25, -0.2) is 0 Å². The molecule has 0 aromatic heterocycles. The van der Waals surface area contributed by atoms with Crippen LogP contribution < -0.4 is 0 Å². The van der Waals surface area contributed by atoms with E-state index in [1.165, 1.54) is 27.7 Å². The van der Waals surface area contributed by atoms with Gasteiger partial charge >= 0.3 is 38.9 Å². The minimum atomic E-state index is -1.04. The van der Waals surface area contributed by atoms with Crippen LogP contribution in [0.2, 0.25) is 0 Å². The van der Waals surface area contributed by atoms with Gasteiger partial charge in [0.25, 0.3) is 0 Å². The Morgan fingerprint density at radius 3 is 1.68 bits per heavy atom. The van der Waals surface area contributed by atoms with Crippen LogP contribution in [0.15, 0.2) is 12.7 Å². The topological polar surface area (TPSA) is 125 Å². The standard InChI is InChI=1S/C9H14O4S3.C9H2O2.C3H6.CH4.Al.B.HN.3H2/c1-8(2,5(10)11)15-7(14)16-9(3,4)6(12)13;1-2-3-4-5-6-7-8-11-9-10;1-3-2;;;;;;;/h1-4H3,(H,10,11)(H,12,13);1,9H;3H,1H2,2H3;1H4;;;4*1H. The van der Waals surface area contributed by atoms with Crippen LogP contribution in [0.25, 0.3) is 0 Å². The van der Waals surface area contributed by atoms with Crippen molar-refractivity contribution in [1.29, 1.82) is 4.35 Å². The zero-order valence-corrected chi connectivity index (χ0v) is 22.5. The van der Waals surface area contributed by atoms with Gasteiger partial charge in [-0.15, -0.1) is 13.0 Å². The number of hydrogen-bond acceptors (Lipinski definition) is 8. The van der Waals surface area contributed by atoms with Gasteiger partial charge in [0, 0.05) is 30.5 Å². The summed E-state index contributed by atoms with van der Waals surface area (Å²) >= 11 is 8.63. The van der Waals surface area contributed by atoms with E-state index < -0.39 is 21.4 Å². The molecule has 0 bridgehead atoms. The van der Waals surface area contributed by atoms with Gasteiger partial charge in [0.2, 0.25) is 0 Å². The summed E-state index contributed by atoms with van der Waals surface area (Å²) in [4.78, 5) is 31.2.